The second-order valence-electron chi connectivity index (χ2n) is 6.70. The molecular formula is C17H23N3O3S. The van der Waals surface area contributed by atoms with E-state index in [2.05, 4.69) is 16.0 Å². The zero-order chi connectivity index (χ0) is 17.3. The van der Waals surface area contributed by atoms with Crippen LogP contribution in [0.15, 0.2) is 36.0 Å². The average Bonchev–Trinajstić information content (AvgIpc) is 2.87. The Morgan fingerprint density at radius 2 is 2.00 bits per heavy atom. The Morgan fingerprint density at radius 1 is 1.25 bits per heavy atom. The number of carbonyl (C=O) groups is 1. The molecule has 2 aliphatic rings. The quantitative estimate of drug-likeness (QED) is 0.761. The monoisotopic (exact) mass is 349 g/mol. The van der Waals surface area contributed by atoms with Gasteiger partial charge in [0.1, 0.15) is 5.69 Å². The molecule has 7 heteroatoms. The van der Waals surface area contributed by atoms with Gasteiger partial charge in [-0.25, -0.2) is 8.42 Å². The number of piperazine rings is 1. The van der Waals surface area contributed by atoms with Gasteiger partial charge in [-0.3, -0.25) is 14.7 Å². The molecular weight excluding hydrogens is 326 g/mol. The van der Waals surface area contributed by atoms with Crippen LogP contribution < -0.4 is 0 Å². The third kappa shape index (κ3) is 3.52. The third-order valence-corrected chi connectivity index (χ3v) is 6.37. The molecule has 2 saturated heterocycles. The number of sulfone groups is 1. The molecule has 2 fully saturated rings. The van der Waals surface area contributed by atoms with Gasteiger partial charge in [0.25, 0.3) is 5.91 Å². The summed E-state index contributed by atoms with van der Waals surface area (Å²) in [4.78, 5) is 20.8. The molecule has 3 rings (SSSR count). The van der Waals surface area contributed by atoms with Crippen molar-refractivity contribution >= 4 is 15.7 Å². The van der Waals surface area contributed by atoms with E-state index in [-0.39, 0.29) is 29.5 Å². The van der Waals surface area contributed by atoms with Crippen molar-refractivity contribution in [1.29, 1.82) is 0 Å². The first-order valence-corrected chi connectivity index (χ1v) is 9.99. The van der Waals surface area contributed by atoms with Gasteiger partial charge in [0.2, 0.25) is 0 Å². The lowest BCUT2D eigenvalue weighted by molar-refractivity contribution is 0.0363. The van der Waals surface area contributed by atoms with Gasteiger partial charge in [0.05, 0.1) is 17.5 Å². The van der Waals surface area contributed by atoms with Crippen molar-refractivity contribution in [2.45, 2.75) is 25.9 Å². The minimum atomic E-state index is -3.13. The number of nitrogens with zero attached hydrogens (tertiary/aromatic N) is 3. The van der Waals surface area contributed by atoms with Crippen molar-refractivity contribution in [3.05, 3.63) is 41.7 Å². The van der Waals surface area contributed by atoms with Crippen LogP contribution in [-0.2, 0) is 9.84 Å². The van der Waals surface area contributed by atoms with Gasteiger partial charge in [0.15, 0.2) is 9.84 Å². The van der Waals surface area contributed by atoms with Crippen LogP contribution in [0.2, 0.25) is 0 Å². The highest BCUT2D eigenvalue weighted by Crippen LogP contribution is 2.28. The van der Waals surface area contributed by atoms with E-state index in [4.69, 9.17) is 0 Å². The number of amides is 1. The van der Waals surface area contributed by atoms with Crippen LogP contribution in [0, 0.1) is 0 Å². The predicted molar refractivity (Wildman–Crippen MR) is 92.5 cm³/mol. The Balaban J connectivity index is 1.84. The lowest BCUT2D eigenvalue weighted by Crippen LogP contribution is -2.60. The van der Waals surface area contributed by atoms with Gasteiger partial charge in [-0.15, -0.1) is 0 Å². The number of fused-ring (bicyclic) bond motifs is 1. The van der Waals surface area contributed by atoms with E-state index in [1.54, 1.807) is 29.3 Å². The van der Waals surface area contributed by atoms with E-state index in [1.165, 1.54) is 5.57 Å². The molecule has 1 aromatic heterocycles. The highest BCUT2D eigenvalue weighted by atomic mass is 32.2. The van der Waals surface area contributed by atoms with Crippen LogP contribution in [-0.4, -0.2) is 72.3 Å². The van der Waals surface area contributed by atoms with E-state index in [9.17, 15) is 13.2 Å². The topological polar surface area (TPSA) is 70.6 Å². The van der Waals surface area contributed by atoms with Crippen LogP contribution in [0.1, 0.15) is 24.3 Å². The fourth-order valence-corrected chi connectivity index (χ4v) is 5.45. The second-order valence-corrected chi connectivity index (χ2v) is 8.86. The number of hydrogen-bond acceptors (Lipinski definition) is 5. The summed E-state index contributed by atoms with van der Waals surface area (Å²) in [6.07, 6.45) is 3.69. The summed E-state index contributed by atoms with van der Waals surface area (Å²) in [5.41, 5.74) is 1.58. The summed E-state index contributed by atoms with van der Waals surface area (Å²) < 4.78 is 24.4. The Labute approximate surface area is 143 Å². The van der Waals surface area contributed by atoms with Gasteiger partial charge in [-0.1, -0.05) is 17.7 Å². The SMILES string of the molecule is CC(C)=CCN1CCN(C(=O)c2ccccn2)[C@@H]2CS(=O)(=O)C[C@@H]21. The van der Waals surface area contributed by atoms with E-state index in [0.29, 0.717) is 18.8 Å². The van der Waals surface area contributed by atoms with Crippen LogP contribution >= 0.6 is 0 Å². The highest BCUT2D eigenvalue weighted by molar-refractivity contribution is 7.91. The average molecular weight is 349 g/mol. The maximum atomic E-state index is 12.8. The molecule has 0 bridgehead atoms. The van der Waals surface area contributed by atoms with E-state index in [1.807, 2.05) is 13.8 Å². The number of hydrogen-bond donors (Lipinski definition) is 0. The summed E-state index contributed by atoms with van der Waals surface area (Å²) >= 11 is 0. The van der Waals surface area contributed by atoms with Crippen LogP contribution in [0.5, 0.6) is 0 Å². The maximum Gasteiger partial charge on any atom is 0.272 e. The summed E-state index contributed by atoms with van der Waals surface area (Å²) in [6.45, 7) is 6.00. The molecule has 0 N–H and O–H groups in total. The maximum absolute atomic E-state index is 12.8. The van der Waals surface area contributed by atoms with Crippen LogP contribution in [0.3, 0.4) is 0 Å². The largest absolute Gasteiger partial charge is 0.330 e. The van der Waals surface area contributed by atoms with Gasteiger partial charge >= 0.3 is 0 Å². The molecule has 3 heterocycles. The molecule has 6 nitrogen and oxygen atoms in total. The number of rotatable bonds is 3. The Kier molecular flexibility index (Phi) is 4.73. The Hall–Kier alpha value is -1.73. The molecule has 1 amide bonds. The molecule has 1 aromatic rings. The number of aromatic nitrogens is 1. The first kappa shape index (κ1) is 17.1. The van der Waals surface area contributed by atoms with Crippen molar-refractivity contribution in [3.8, 4) is 0 Å². The first-order chi connectivity index (χ1) is 11.4. The van der Waals surface area contributed by atoms with E-state index < -0.39 is 9.84 Å². The van der Waals surface area contributed by atoms with E-state index >= 15 is 0 Å². The summed E-state index contributed by atoms with van der Waals surface area (Å²) in [5, 5.41) is 0. The number of pyridine rings is 1. The fourth-order valence-electron chi connectivity index (χ4n) is 3.44. The highest BCUT2D eigenvalue weighted by Gasteiger charge is 2.47. The molecule has 2 atom stereocenters. The summed E-state index contributed by atoms with van der Waals surface area (Å²) in [7, 11) is -3.13. The molecule has 0 unspecified atom stereocenters. The lowest BCUT2D eigenvalue weighted by atomic mass is 10.0. The zero-order valence-electron chi connectivity index (χ0n) is 14.1. The summed E-state index contributed by atoms with van der Waals surface area (Å²) in [5.74, 6) is -0.00785. The number of carbonyl (C=O) groups excluding carboxylic acids is 1. The summed E-state index contributed by atoms with van der Waals surface area (Å²) in [6, 6.07) is 4.79. The van der Waals surface area contributed by atoms with Gasteiger partial charge < -0.3 is 4.90 Å². The van der Waals surface area contributed by atoms with E-state index in [0.717, 1.165) is 6.54 Å². The standard InChI is InChI=1S/C17H23N3O3S/c1-13(2)6-8-19-9-10-20(16-12-24(22,23)11-15(16)19)17(21)14-5-3-4-7-18-14/h3-7,15-16H,8-12H2,1-2H3/t15-,16+/m0/s1. The Bertz CT molecular complexity index is 742. The molecule has 0 aromatic carbocycles. The van der Waals surface area contributed by atoms with Crippen LogP contribution in [0.25, 0.3) is 0 Å². The smallest absolute Gasteiger partial charge is 0.272 e. The molecule has 24 heavy (non-hydrogen) atoms. The van der Waals surface area contributed by atoms with Crippen molar-refractivity contribution in [1.82, 2.24) is 14.8 Å². The van der Waals surface area contributed by atoms with Gasteiger partial charge in [-0.2, -0.15) is 0 Å². The molecule has 0 spiro atoms. The fraction of sp³-hybridized carbons (Fsp3) is 0.529. The molecule has 2 aliphatic heterocycles. The molecule has 130 valence electrons. The first-order valence-electron chi connectivity index (χ1n) is 8.17. The zero-order valence-corrected chi connectivity index (χ0v) is 14.9. The lowest BCUT2D eigenvalue weighted by Gasteiger charge is -2.43. The number of allylic oxidation sites excluding steroid dienone is 1. The van der Waals surface area contributed by atoms with Gasteiger partial charge in [-0.05, 0) is 26.0 Å². The van der Waals surface area contributed by atoms with Crippen molar-refractivity contribution in [3.63, 3.8) is 0 Å². The second kappa shape index (κ2) is 6.64. The normalized spacial score (nSPS) is 26.0. The predicted octanol–water partition coefficient (Wildman–Crippen LogP) is 0.971. The minimum Gasteiger partial charge on any atom is -0.330 e. The van der Waals surface area contributed by atoms with Crippen molar-refractivity contribution in [2.75, 3.05) is 31.1 Å². The van der Waals surface area contributed by atoms with Gasteiger partial charge in [0, 0.05) is 31.9 Å². The molecule has 0 saturated carbocycles. The third-order valence-electron chi connectivity index (χ3n) is 4.67. The Morgan fingerprint density at radius 3 is 2.67 bits per heavy atom. The van der Waals surface area contributed by atoms with Crippen molar-refractivity contribution < 1.29 is 13.2 Å². The molecule has 0 radical (unpaired) electrons. The molecule has 0 aliphatic carbocycles. The van der Waals surface area contributed by atoms with Crippen LogP contribution in [0.4, 0.5) is 0 Å². The minimum absolute atomic E-state index is 0.0432. The van der Waals surface area contributed by atoms with Crippen molar-refractivity contribution in [2.24, 2.45) is 0 Å².